The van der Waals surface area contributed by atoms with Crippen molar-refractivity contribution in [1.82, 2.24) is 0 Å². The molecular weight excluding hydrogens is 176 g/mol. The summed E-state index contributed by atoms with van der Waals surface area (Å²) in [6, 6.07) is 0. The van der Waals surface area contributed by atoms with Crippen LogP contribution in [0.3, 0.4) is 0 Å². The number of ketones is 2. The number of hydrogen-bond donors (Lipinski definition) is 0. The molecule has 0 aromatic rings. The molecule has 2 heteroatoms. The predicted octanol–water partition coefficient (Wildman–Crippen LogP) is 2.11. The molecule has 4 aliphatic carbocycles. The molecule has 76 valence electrons. The molecule has 0 amide bonds. The summed E-state index contributed by atoms with van der Waals surface area (Å²) < 4.78 is 0. The van der Waals surface area contributed by atoms with E-state index in [2.05, 4.69) is 0 Å². The Morgan fingerprint density at radius 1 is 1.21 bits per heavy atom. The highest BCUT2D eigenvalue weighted by Gasteiger charge is 2.53. The lowest BCUT2D eigenvalue weighted by atomic mass is 9.50. The smallest absolute Gasteiger partial charge is 0.136 e. The van der Waals surface area contributed by atoms with E-state index in [4.69, 9.17) is 0 Å². The van der Waals surface area contributed by atoms with Gasteiger partial charge in [-0.25, -0.2) is 0 Å². The van der Waals surface area contributed by atoms with E-state index < -0.39 is 0 Å². The van der Waals surface area contributed by atoms with Crippen LogP contribution in [-0.2, 0) is 9.59 Å². The van der Waals surface area contributed by atoms with Gasteiger partial charge in [0.25, 0.3) is 0 Å². The SMILES string of the molecule is O=C1CCC23CCC(CC2C1)C(=O)C3. The lowest BCUT2D eigenvalue weighted by molar-refractivity contribution is -0.146. The first-order valence-electron chi connectivity index (χ1n) is 5.74. The van der Waals surface area contributed by atoms with Crippen LogP contribution in [0.1, 0.15) is 44.9 Å². The molecule has 3 unspecified atom stereocenters. The summed E-state index contributed by atoms with van der Waals surface area (Å²) >= 11 is 0. The lowest BCUT2D eigenvalue weighted by Crippen LogP contribution is -2.49. The van der Waals surface area contributed by atoms with Gasteiger partial charge in [-0.2, -0.15) is 0 Å². The number of carbonyl (C=O) groups is 2. The van der Waals surface area contributed by atoms with E-state index in [0.717, 1.165) is 38.5 Å². The highest BCUT2D eigenvalue weighted by molar-refractivity contribution is 5.86. The van der Waals surface area contributed by atoms with Gasteiger partial charge in [-0.15, -0.1) is 0 Å². The molecule has 14 heavy (non-hydrogen) atoms. The molecule has 3 atom stereocenters. The van der Waals surface area contributed by atoms with Crippen molar-refractivity contribution in [2.45, 2.75) is 44.9 Å². The molecular formula is C12H16O2. The molecule has 0 heterocycles. The molecule has 0 saturated heterocycles. The summed E-state index contributed by atoms with van der Waals surface area (Å²) in [5.74, 6) is 1.79. The Labute approximate surface area is 84.1 Å². The zero-order chi connectivity index (χ0) is 9.76. The summed E-state index contributed by atoms with van der Waals surface area (Å²) in [4.78, 5) is 23.1. The van der Waals surface area contributed by atoms with E-state index in [9.17, 15) is 9.59 Å². The third kappa shape index (κ3) is 1.03. The first-order valence-corrected chi connectivity index (χ1v) is 5.74. The minimum Gasteiger partial charge on any atom is -0.300 e. The van der Waals surface area contributed by atoms with Crippen molar-refractivity contribution in [3.8, 4) is 0 Å². The highest BCUT2D eigenvalue weighted by atomic mass is 16.1. The molecule has 2 nitrogen and oxygen atoms in total. The van der Waals surface area contributed by atoms with Crippen molar-refractivity contribution >= 4 is 11.6 Å². The van der Waals surface area contributed by atoms with E-state index in [1.807, 2.05) is 0 Å². The maximum Gasteiger partial charge on any atom is 0.136 e. The minimum atomic E-state index is 0.264. The van der Waals surface area contributed by atoms with E-state index >= 15 is 0 Å². The largest absolute Gasteiger partial charge is 0.300 e. The van der Waals surface area contributed by atoms with E-state index in [0.29, 0.717) is 23.4 Å². The standard InChI is InChI=1S/C12H16O2/c13-10-2-4-12-3-1-8(11(14)7-12)5-9(12)6-10/h8-9H,1-7H2. The van der Waals surface area contributed by atoms with Crippen molar-refractivity contribution in [3.63, 3.8) is 0 Å². The third-order valence-electron chi connectivity index (χ3n) is 4.78. The number of carbonyl (C=O) groups excluding carboxylic acids is 2. The predicted molar refractivity (Wildman–Crippen MR) is 51.7 cm³/mol. The fourth-order valence-corrected chi connectivity index (χ4v) is 3.88. The summed E-state index contributed by atoms with van der Waals surface area (Å²) in [7, 11) is 0. The van der Waals surface area contributed by atoms with Crippen LogP contribution in [0.25, 0.3) is 0 Å². The van der Waals surface area contributed by atoms with Crippen molar-refractivity contribution < 1.29 is 9.59 Å². The maximum atomic E-state index is 11.7. The molecule has 0 radical (unpaired) electrons. The third-order valence-corrected chi connectivity index (χ3v) is 4.78. The minimum absolute atomic E-state index is 0.264. The van der Waals surface area contributed by atoms with Crippen LogP contribution < -0.4 is 0 Å². The Kier molecular flexibility index (Phi) is 1.65. The summed E-state index contributed by atoms with van der Waals surface area (Å²) in [5, 5.41) is 0. The number of Topliss-reactive ketones (excluding diaryl/α,β-unsaturated/α-hetero) is 2. The molecule has 4 rings (SSSR count). The van der Waals surface area contributed by atoms with Gasteiger partial charge >= 0.3 is 0 Å². The highest BCUT2D eigenvalue weighted by Crippen LogP contribution is 2.57. The monoisotopic (exact) mass is 192 g/mol. The zero-order valence-electron chi connectivity index (χ0n) is 8.42. The Bertz CT molecular complexity index is 307. The Morgan fingerprint density at radius 3 is 2.86 bits per heavy atom. The fraction of sp³-hybridized carbons (Fsp3) is 0.833. The first-order chi connectivity index (χ1) is 6.70. The molecule has 4 aliphatic rings. The number of hydrogen-bond acceptors (Lipinski definition) is 2. The Morgan fingerprint density at radius 2 is 2.07 bits per heavy atom. The van der Waals surface area contributed by atoms with Crippen molar-refractivity contribution in [1.29, 1.82) is 0 Å². The molecule has 0 N–H and O–H groups in total. The maximum absolute atomic E-state index is 11.7. The molecule has 4 fully saturated rings. The normalized spacial score (nSPS) is 46.6. The second kappa shape index (κ2) is 2.68. The van der Waals surface area contributed by atoms with Crippen molar-refractivity contribution in [2.75, 3.05) is 0 Å². The van der Waals surface area contributed by atoms with Gasteiger partial charge in [-0.05, 0) is 37.0 Å². The number of fused-ring (bicyclic) bond motifs is 2. The first kappa shape index (κ1) is 8.63. The second-order valence-corrected chi connectivity index (χ2v) is 5.42. The number of rotatable bonds is 0. The van der Waals surface area contributed by atoms with Crippen LogP contribution in [0.15, 0.2) is 0 Å². The van der Waals surface area contributed by atoms with E-state index in [1.54, 1.807) is 0 Å². The molecule has 0 aromatic carbocycles. The molecule has 0 aliphatic heterocycles. The second-order valence-electron chi connectivity index (χ2n) is 5.42. The average molecular weight is 192 g/mol. The van der Waals surface area contributed by atoms with Gasteiger partial charge in [0.15, 0.2) is 0 Å². The van der Waals surface area contributed by atoms with E-state index in [1.165, 1.54) is 6.42 Å². The molecule has 1 spiro atoms. The van der Waals surface area contributed by atoms with Crippen LogP contribution in [0.2, 0.25) is 0 Å². The summed E-state index contributed by atoms with van der Waals surface area (Å²) in [6.45, 7) is 0. The Balaban J connectivity index is 1.92. The van der Waals surface area contributed by atoms with Crippen LogP contribution in [0, 0.1) is 17.3 Å². The topological polar surface area (TPSA) is 34.1 Å². The summed E-state index contributed by atoms with van der Waals surface area (Å²) in [5.41, 5.74) is 0.264. The molecule has 2 bridgehead atoms. The average Bonchev–Trinajstić information content (AvgIpc) is 2.17. The fourth-order valence-electron chi connectivity index (χ4n) is 3.88. The Hall–Kier alpha value is -0.660. The zero-order valence-corrected chi connectivity index (χ0v) is 8.42. The van der Waals surface area contributed by atoms with Gasteiger partial charge in [0.05, 0.1) is 0 Å². The molecule has 4 saturated carbocycles. The van der Waals surface area contributed by atoms with Gasteiger partial charge in [0.2, 0.25) is 0 Å². The van der Waals surface area contributed by atoms with Crippen LogP contribution >= 0.6 is 0 Å². The van der Waals surface area contributed by atoms with Crippen LogP contribution in [0.4, 0.5) is 0 Å². The van der Waals surface area contributed by atoms with Crippen molar-refractivity contribution in [3.05, 3.63) is 0 Å². The van der Waals surface area contributed by atoms with Gasteiger partial charge in [0.1, 0.15) is 11.6 Å². The van der Waals surface area contributed by atoms with Gasteiger partial charge in [-0.1, -0.05) is 0 Å². The lowest BCUT2D eigenvalue weighted by Gasteiger charge is -2.53. The summed E-state index contributed by atoms with van der Waals surface area (Å²) in [6.07, 6.45) is 6.61. The van der Waals surface area contributed by atoms with Gasteiger partial charge in [-0.3, -0.25) is 9.59 Å². The quantitative estimate of drug-likeness (QED) is 0.589. The van der Waals surface area contributed by atoms with Crippen LogP contribution in [0.5, 0.6) is 0 Å². The van der Waals surface area contributed by atoms with Crippen LogP contribution in [-0.4, -0.2) is 11.6 Å². The van der Waals surface area contributed by atoms with Crippen molar-refractivity contribution in [2.24, 2.45) is 17.3 Å². The van der Waals surface area contributed by atoms with Gasteiger partial charge in [0, 0.05) is 25.2 Å². The van der Waals surface area contributed by atoms with Gasteiger partial charge < -0.3 is 0 Å². The van der Waals surface area contributed by atoms with E-state index in [-0.39, 0.29) is 5.41 Å². The molecule has 0 aromatic heterocycles.